The fourth-order valence-corrected chi connectivity index (χ4v) is 6.43. The van der Waals surface area contributed by atoms with Gasteiger partial charge in [-0.1, -0.05) is 66.7 Å². The molecule has 1 saturated heterocycles. The second-order valence-electron chi connectivity index (χ2n) is 13.8. The number of anilines is 1. The van der Waals surface area contributed by atoms with Crippen LogP contribution in [-0.2, 0) is 44.9 Å². The molecule has 0 radical (unpaired) electrons. The van der Waals surface area contributed by atoms with Crippen LogP contribution in [0.25, 0.3) is 6.08 Å². The Labute approximate surface area is 333 Å². The molecule has 1 unspecified atom stereocenters. The minimum absolute atomic E-state index is 0.0124. The number of ether oxygens (including phenoxy) is 2. The molecule has 1 aliphatic rings. The van der Waals surface area contributed by atoms with Crippen molar-refractivity contribution in [3.63, 3.8) is 0 Å². The summed E-state index contributed by atoms with van der Waals surface area (Å²) in [6, 6.07) is 25.4. The number of likely N-dealkylation sites (N-methyl/N-ethyl adjacent to an activating group) is 1. The van der Waals surface area contributed by atoms with Gasteiger partial charge in [0.2, 0.25) is 17.7 Å². The molecule has 1 atom stereocenters. The van der Waals surface area contributed by atoms with E-state index in [-0.39, 0.29) is 44.4 Å². The van der Waals surface area contributed by atoms with E-state index in [1.165, 1.54) is 52.3 Å². The predicted octanol–water partition coefficient (Wildman–Crippen LogP) is 7.60. The standard InChI is InChI=1S/C43H44F6N4O5/c1-31(54)51-21-23-52(24-22-51)37-18-13-34(14-19-37)29-53(40(55)20-15-32-11-16-36(17-12-32)42(44,45)46)39(28-33-7-4-3-5-8-33)41(56)50(2)25-26-57-30-35-9-6-10-38(27-35)58-43(47,48)49/h3-20,27,39H,21-26,28-30H2,1-2H3. The predicted molar refractivity (Wildman–Crippen MR) is 206 cm³/mol. The third-order valence-corrected chi connectivity index (χ3v) is 9.60. The monoisotopic (exact) mass is 810 g/mol. The van der Waals surface area contributed by atoms with Crippen LogP contribution < -0.4 is 9.64 Å². The third-order valence-electron chi connectivity index (χ3n) is 9.60. The maximum atomic E-state index is 14.4. The van der Waals surface area contributed by atoms with Gasteiger partial charge in [0, 0.05) is 71.4 Å². The summed E-state index contributed by atoms with van der Waals surface area (Å²) in [6.45, 7) is 4.10. The number of alkyl halides is 6. The molecule has 0 saturated carbocycles. The molecule has 1 heterocycles. The first-order valence-electron chi connectivity index (χ1n) is 18.5. The smallest absolute Gasteiger partial charge is 0.406 e. The Kier molecular flexibility index (Phi) is 14.6. The number of rotatable bonds is 15. The van der Waals surface area contributed by atoms with Crippen molar-refractivity contribution < 1.29 is 50.2 Å². The van der Waals surface area contributed by atoms with Gasteiger partial charge in [0.15, 0.2) is 0 Å². The van der Waals surface area contributed by atoms with Crippen molar-refractivity contribution in [2.24, 2.45) is 0 Å². The van der Waals surface area contributed by atoms with E-state index in [1.807, 2.05) is 54.6 Å². The Morgan fingerprint density at radius 3 is 2.07 bits per heavy atom. The summed E-state index contributed by atoms with van der Waals surface area (Å²) >= 11 is 0. The van der Waals surface area contributed by atoms with E-state index in [1.54, 1.807) is 24.9 Å². The molecule has 3 amide bonds. The number of halogens is 6. The maximum absolute atomic E-state index is 14.4. The van der Waals surface area contributed by atoms with Gasteiger partial charge in [0.1, 0.15) is 11.8 Å². The molecule has 4 aromatic rings. The second-order valence-corrected chi connectivity index (χ2v) is 13.8. The van der Waals surface area contributed by atoms with E-state index in [0.717, 1.165) is 28.9 Å². The first-order chi connectivity index (χ1) is 27.6. The Balaban J connectivity index is 1.36. The SMILES string of the molecule is CC(=O)N1CCN(c2ccc(CN(C(=O)C=Cc3ccc(C(F)(F)F)cc3)C(Cc3ccccc3)C(=O)N(C)CCOCc3cccc(OC(F)(F)F)c3)cc2)CC1. The van der Waals surface area contributed by atoms with Crippen LogP contribution in [0.3, 0.4) is 0 Å². The van der Waals surface area contributed by atoms with Crippen LogP contribution in [0.15, 0.2) is 109 Å². The normalized spacial score (nSPS) is 14.0. The van der Waals surface area contributed by atoms with Crippen LogP contribution in [0, 0.1) is 0 Å². The molecule has 58 heavy (non-hydrogen) atoms. The molecule has 0 aliphatic carbocycles. The van der Waals surface area contributed by atoms with Gasteiger partial charge in [-0.3, -0.25) is 14.4 Å². The fourth-order valence-electron chi connectivity index (χ4n) is 6.43. The highest BCUT2D eigenvalue weighted by Gasteiger charge is 2.33. The minimum Gasteiger partial charge on any atom is -0.406 e. The zero-order valence-corrected chi connectivity index (χ0v) is 32.0. The zero-order valence-electron chi connectivity index (χ0n) is 32.0. The highest BCUT2D eigenvalue weighted by atomic mass is 19.4. The first-order valence-corrected chi connectivity index (χ1v) is 18.5. The lowest BCUT2D eigenvalue weighted by atomic mass is 10.0. The Hall–Kier alpha value is -5.83. The number of hydrogen-bond donors (Lipinski definition) is 0. The molecule has 0 bridgehead atoms. The zero-order chi connectivity index (χ0) is 41.9. The van der Waals surface area contributed by atoms with Gasteiger partial charge < -0.3 is 29.1 Å². The quantitative estimate of drug-likeness (QED) is 0.0700. The van der Waals surface area contributed by atoms with Crippen LogP contribution in [-0.4, -0.2) is 91.2 Å². The van der Waals surface area contributed by atoms with E-state index >= 15 is 0 Å². The van der Waals surface area contributed by atoms with Crippen molar-refractivity contribution in [3.05, 3.63) is 137 Å². The second kappa shape index (κ2) is 19.5. The molecule has 1 aliphatic heterocycles. The lowest BCUT2D eigenvalue weighted by Gasteiger charge is -2.36. The van der Waals surface area contributed by atoms with Gasteiger partial charge in [0.05, 0.1) is 18.8 Å². The van der Waals surface area contributed by atoms with E-state index in [0.29, 0.717) is 37.3 Å². The summed E-state index contributed by atoms with van der Waals surface area (Å²) in [7, 11) is 1.56. The number of carbonyl (C=O) groups is 3. The topological polar surface area (TPSA) is 82.6 Å². The van der Waals surface area contributed by atoms with Crippen LogP contribution in [0.2, 0.25) is 0 Å². The van der Waals surface area contributed by atoms with E-state index < -0.39 is 36.0 Å². The van der Waals surface area contributed by atoms with Gasteiger partial charge in [-0.15, -0.1) is 13.2 Å². The first kappa shape index (κ1) is 43.3. The number of nitrogens with zero attached hydrogens (tertiary/aromatic N) is 4. The van der Waals surface area contributed by atoms with Crippen molar-refractivity contribution in [2.75, 3.05) is 51.3 Å². The highest BCUT2D eigenvalue weighted by Crippen LogP contribution is 2.29. The molecular formula is C43H44F6N4O5. The molecule has 1 fully saturated rings. The summed E-state index contributed by atoms with van der Waals surface area (Å²) < 4.78 is 87.4. The van der Waals surface area contributed by atoms with E-state index in [2.05, 4.69) is 9.64 Å². The molecule has 0 aromatic heterocycles. The minimum atomic E-state index is -4.84. The third kappa shape index (κ3) is 12.8. The lowest BCUT2D eigenvalue weighted by Crippen LogP contribution is -2.51. The van der Waals surface area contributed by atoms with Crippen LogP contribution in [0.4, 0.5) is 32.0 Å². The summed E-state index contributed by atoms with van der Waals surface area (Å²) in [4.78, 5) is 47.1. The molecule has 9 nitrogen and oxygen atoms in total. The molecule has 0 N–H and O–H groups in total. The van der Waals surface area contributed by atoms with Crippen molar-refractivity contribution >= 4 is 29.5 Å². The van der Waals surface area contributed by atoms with Crippen molar-refractivity contribution in [1.29, 1.82) is 0 Å². The molecular weight excluding hydrogens is 766 g/mol. The fraction of sp³-hybridized carbons (Fsp3) is 0.326. The lowest BCUT2D eigenvalue weighted by molar-refractivity contribution is -0.274. The summed E-state index contributed by atoms with van der Waals surface area (Å²) in [6.07, 6.45) is -6.60. The number of benzene rings is 4. The highest BCUT2D eigenvalue weighted by molar-refractivity contribution is 5.95. The van der Waals surface area contributed by atoms with Gasteiger partial charge in [-0.25, -0.2) is 0 Å². The Bertz CT molecular complexity index is 2000. The van der Waals surface area contributed by atoms with Crippen LogP contribution >= 0.6 is 0 Å². The molecule has 4 aromatic carbocycles. The maximum Gasteiger partial charge on any atom is 0.573 e. The van der Waals surface area contributed by atoms with Gasteiger partial charge in [-0.2, -0.15) is 13.2 Å². The number of piperazine rings is 1. The number of hydrogen-bond acceptors (Lipinski definition) is 6. The summed E-state index contributed by atoms with van der Waals surface area (Å²) in [5, 5.41) is 0. The van der Waals surface area contributed by atoms with Crippen LogP contribution in [0.5, 0.6) is 5.75 Å². The van der Waals surface area contributed by atoms with Crippen molar-refractivity contribution in [3.8, 4) is 5.75 Å². The van der Waals surface area contributed by atoms with Crippen molar-refractivity contribution in [2.45, 2.75) is 45.1 Å². The summed E-state index contributed by atoms with van der Waals surface area (Å²) in [5.74, 6) is -1.33. The summed E-state index contributed by atoms with van der Waals surface area (Å²) in [5.41, 5.74) is 2.38. The Morgan fingerprint density at radius 2 is 1.45 bits per heavy atom. The number of carbonyl (C=O) groups excluding carboxylic acids is 3. The van der Waals surface area contributed by atoms with Gasteiger partial charge >= 0.3 is 12.5 Å². The largest absolute Gasteiger partial charge is 0.573 e. The average Bonchev–Trinajstić information content (AvgIpc) is 3.19. The number of amides is 3. The molecule has 5 rings (SSSR count). The molecule has 0 spiro atoms. The molecule has 308 valence electrons. The van der Waals surface area contributed by atoms with E-state index in [9.17, 15) is 40.7 Å². The Morgan fingerprint density at radius 1 is 0.793 bits per heavy atom. The van der Waals surface area contributed by atoms with Gasteiger partial charge in [-0.05, 0) is 64.7 Å². The van der Waals surface area contributed by atoms with E-state index in [4.69, 9.17) is 4.74 Å². The van der Waals surface area contributed by atoms with Crippen molar-refractivity contribution in [1.82, 2.24) is 14.7 Å². The van der Waals surface area contributed by atoms with Gasteiger partial charge in [0.25, 0.3) is 0 Å². The van der Waals surface area contributed by atoms with Crippen LogP contribution in [0.1, 0.15) is 34.7 Å². The molecule has 15 heteroatoms. The average molecular weight is 811 g/mol.